The van der Waals surface area contributed by atoms with Gasteiger partial charge in [-0.3, -0.25) is 4.79 Å². The van der Waals surface area contributed by atoms with Crippen molar-refractivity contribution in [3.05, 3.63) is 40.4 Å². The van der Waals surface area contributed by atoms with E-state index in [-0.39, 0.29) is 23.4 Å². The Bertz CT molecular complexity index is 848. The molecule has 2 fully saturated rings. The van der Waals surface area contributed by atoms with E-state index in [9.17, 15) is 13.2 Å². The van der Waals surface area contributed by atoms with Gasteiger partial charge in [0, 0.05) is 5.92 Å². The molecule has 0 bridgehead atoms. The topological polar surface area (TPSA) is 69.7 Å². The van der Waals surface area contributed by atoms with Crippen molar-refractivity contribution in [1.82, 2.24) is 0 Å². The van der Waals surface area contributed by atoms with Crippen LogP contribution in [0.25, 0.3) is 0 Å². The molecule has 148 valence electrons. The Kier molecular flexibility index (Phi) is 6.01. The number of halogens is 1. The van der Waals surface area contributed by atoms with Crippen LogP contribution in [0.2, 0.25) is 0 Å². The number of allylic oxidation sites excluding steroid dienone is 1. The van der Waals surface area contributed by atoms with Gasteiger partial charge in [-0.15, -0.1) is 0 Å². The van der Waals surface area contributed by atoms with Gasteiger partial charge in [0.25, 0.3) is 0 Å². The first-order chi connectivity index (χ1) is 12.8. The number of carbonyl (C=O) groups is 1. The maximum absolute atomic E-state index is 12.4. The van der Waals surface area contributed by atoms with Crippen molar-refractivity contribution < 1.29 is 22.1 Å². The SMILES string of the molecule is C=C1CC2COC(=O)C2(Cc2ccc(OS(=O)(=O)CCCCC)c(Br)c2)C1. The molecule has 1 aliphatic heterocycles. The third-order valence-electron chi connectivity index (χ3n) is 5.43. The van der Waals surface area contributed by atoms with Gasteiger partial charge in [0.2, 0.25) is 0 Å². The van der Waals surface area contributed by atoms with Gasteiger partial charge in [-0.25, -0.2) is 0 Å². The molecule has 7 heteroatoms. The quantitative estimate of drug-likeness (QED) is 0.251. The molecule has 1 saturated carbocycles. The molecule has 2 aliphatic rings. The van der Waals surface area contributed by atoms with E-state index in [1.54, 1.807) is 6.07 Å². The predicted octanol–water partition coefficient (Wildman–Crippen LogP) is 4.40. The van der Waals surface area contributed by atoms with E-state index < -0.39 is 15.5 Å². The lowest BCUT2D eigenvalue weighted by molar-refractivity contribution is -0.146. The lowest BCUT2D eigenvalue weighted by atomic mass is 9.75. The minimum absolute atomic E-state index is 0.00771. The van der Waals surface area contributed by atoms with Crippen molar-refractivity contribution in [3.8, 4) is 5.75 Å². The number of ether oxygens (including phenoxy) is 1. The summed E-state index contributed by atoms with van der Waals surface area (Å²) in [5.41, 5.74) is 1.50. The fraction of sp³-hybridized carbons (Fsp3) is 0.550. The summed E-state index contributed by atoms with van der Waals surface area (Å²) in [5.74, 6) is 0.301. The summed E-state index contributed by atoms with van der Waals surface area (Å²) in [7, 11) is -3.61. The lowest BCUT2D eigenvalue weighted by Gasteiger charge is -2.24. The summed E-state index contributed by atoms with van der Waals surface area (Å²) in [6, 6.07) is 5.29. The van der Waals surface area contributed by atoms with Crippen LogP contribution >= 0.6 is 15.9 Å². The molecule has 0 amide bonds. The first kappa shape index (κ1) is 20.4. The van der Waals surface area contributed by atoms with Gasteiger partial charge in [-0.05, 0) is 59.3 Å². The van der Waals surface area contributed by atoms with Crippen molar-refractivity contribution in [2.45, 2.75) is 45.4 Å². The number of cyclic esters (lactones) is 1. The highest BCUT2D eigenvalue weighted by molar-refractivity contribution is 9.10. The number of fused-ring (bicyclic) bond motifs is 1. The Morgan fingerprint density at radius 3 is 2.85 bits per heavy atom. The van der Waals surface area contributed by atoms with Crippen LogP contribution in [0, 0.1) is 11.3 Å². The molecular weight excluding hydrogens is 432 g/mol. The average molecular weight is 457 g/mol. The number of esters is 1. The van der Waals surface area contributed by atoms with Gasteiger partial charge in [0.15, 0.2) is 5.75 Å². The summed E-state index contributed by atoms with van der Waals surface area (Å²) in [4.78, 5) is 12.4. The Hall–Kier alpha value is -1.34. The molecule has 1 aromatic rings. The number of benzene rings is 1. The highest BCUT2D eigenvalue weighted by Crippen LogP contribution is 2.52. The maximum atomic E-state index is 12.4. The zero-order chi connectivity index (χ0) is 19.7. The number of unbranched alkanes of at least 4 members (excludes halogenated alkanes) is 2. The Morgan fingerprint density at radius 1 is 1.37 bits per heavy atom. The lowest BCUT2D eigenvalue weighted by Crippen LogP contribution is -2.31. The molecule has 27 heavy (non-hydrogen) atoms. The highest BCUT2D eigenvalue weighted by atomic mass is 79.9. The molecule has 2 unspecified atom stereocenters. The van der Waals surface area contributed by atoms with E-state index in [1.807, 2.05) is 19.1 Å². The van der Waals surface area contributed by atoms with Crippen LogP contribution in [0.4, 0.5) is 0 Å². The highest BCUT2D eigenvalue weighted by Gasteiger charge is 2.55. The van der Waals surface area contributed by atoms with E-state index in [0.717, 1.165) is 30.4 Å². The average Bonchev–Trinajstić information content (AvgIpc) is 3.05. The van der Waals surface area contributed by atoms with Crippen molar-refractivity contribution in [1.29, 1.82) is 0 Å². The molecule has 1 saturated heterocycles. The Balaban J connectivity index is 1.73. The minimum atomic E-state index is -3.61. The summed E-state index contributed by atoms with van der Waals surface area (Å²) in [6.07, 6.45) is 4.42. The number of carbonyl (C=O) groups excluding carboxylic acids is 1. The fourth-order valence-electron chi connectivity index (χ4n) is 4.06. The second kappa shape index (κ2) is 7.95. The van der Waals surface area contributed by atoms with Crippen LogP contribution < -0.4 is 4.18 Å². The third kappa shape index (κ3) is 4.40. The summed E-state index contributed by atoms with van der Waals surface area (Å²) < 4.78 is 35.3. The van der Waals surface area contributed by atoms with Crippen LogP contribution in [0.1, 0.15) is 44.6 Å². The standard InChI is InChI=1S/C20H25BrO5S/c1-3-4-5-8-27(23,24)26-18-7-6-15(10-17(18)21)12-20-11-14(2)9-16(20)13-25-19(20)22/h6-7,10,16H,2-5,8-9,11-13H2,1H3. The molecule has 3 rings (SSSR count). The van der Waals surface area contributed by atoms with E-state index in [2.05, 4.69) is 22.5 Å². The van der Waals surface area contributed by atoms with Crippen LogP contribution in [0.5, 0.6) is 5.75 Å². The summed E-state index contributed by atoms with van der Waals surface area (Å²) in [5, 5.41) is 0. The van der Waals surface area contributed by atoms with Crippen molar-refractivity contribution in [2.75, 3.05) is 12.4 Å². The smallest absolute Gasteiger partial charge is 0.313 e. The zero-order valence-electron chi connectivity index (χ0n) is 15.5. The van der Waals surface area contributed by atoms with Crippen LogP contribution in [-0.4, -0.2) is 26.7 Å². The van der Waals surface area contributed by atoms with Crippen molar-refractivity contribution in [2.24, 2.45) is 11.3 Å². The first-order valence-electron chi connectivity index (χ1n) is 9.30. The largest absolute Gasteiger partial charge is 0.465 e. The monoisotopic (exact) mass is 456 g/mol. The molecule has 0 radical (unpaired) electrons. The van der Waals surface area contributed by atoms with Crippen LogP contribution in [0.15, 0.2) is 34.8 Å². The molecule has 1 heterocycles. The number of hydrogen-bond acceptors (Lipinski definition) is 5. The van der Waals surface area contributed by atoms with E-state index in [1.165, 1.54) is 0 Å². The van der Waals surface area contributed by atoms with Crippen LogP contribution in [-0.2, 0) is 26.1 Å². The van der Waals surface area contributed by atoms with Gasteiger partial charge < -0.3 is 8.92 Å². The summed E-state index contributed by atoms with van der Waals surface area (Å²) in [6.45, 7) is 6.53. The Labute approximate surface area is 169 Å². The molecule has 0 spiro atoms. The van der Waals surface area contributed by atoms with Crippen molar-refractivity contribution >= 4 is 32.0 Å². The minimum Gasteiger partial charge on any atom is -0.465 e. The van der Waals surface area contributed by atoms with Crippen molar-refractivity contribution in [3.63, 3.8) is 0 Å². The van der Waals surface area contributed by atoms with Gasteiger partial charge >= 0.3 is 16.1 Å². The van der Waals surface area contributed by atoms with Gasteiger partial charge in [-0.2, -0.15) is 8.42 Å². The predicted molar refractivity (Wildman–Crippen MR) is 107 cm³/mol. The zero-order valence-corrected chi connectivity index (χ0v) is 17.9. The molecule has 0 N–H and O–H groups in total. The second-order valence-corrected chi connectivity index (χ2v) is 10.1. The fourth-order valence-corrected chi connectivity index (χ4v) is 5.73. The van der Waals surface area contributed by atoms with Gasteiger partial charge in [-0.1, -0.05) is 38.0 Å². The maximum Gasteiger partial charge on any atom is 0.313 e. The van der Waals surface area contributed by atoms with Gasteiger partial charge in [0.05, 0.1) is 22.2 Å². The van der Waals surface area contributed by atoms with Gasteiger partial charge in [0.1, 0.15) is 0 Å². The first-order valence-corrected chi connectivity index (χ1v) is 11.7. The Morgan fingerprint density at radius 2 is 2.15 bits per heavy atom. The number of hydrogen-bond donors (Lipinski definition) is 0. The molecular formula is C20H25BrO5S. The van der Waals surface area contributed by atoms with E-state index >= 15 is 0 Å². The molecule has 1 aromatic carbocycles. The second-order valence-electron chi connectivity index (χ2n) is 7.58. The van der Waals surface area contributed by atoms with E-state index in [4.69, 9.17) is 8.92 Å². The van der Waals surface area contributed by atoms with Crippen LogP contribution in [0.3, 0.4) is 0 Å². The molecule has 1 aliphatic carbocycles. The molecule has 2 atom stereocenters. The normalized spacial score (nSPS) is 24.7. The molecule has 0 aromatic heterocycles. The third-order valence-corrected chi connectivity index (χ3v) is 7.28. The molecule has 5 nitrogen and oxygen atoms in total. The van der Waals surface area contributed by atoms with E-state index in [0.29, 0.717) is 30.3 Å². The summed E-state index contributed by atoms with van der Waals surface area (Å²) >= 11 is 3.41. The number of rotatable bonds is 8.